The van der Waals surface area contributed by atoms with E-state index in [0.717, 1.165) is 42.9 Å². The van der Waals surface area contributed by atoms with Crippen LogP contribution in [0.4, 0.5) is 0 Å². The highest BCUT2D eigenvalue weighted by Crippen LogP contribution is 2.34. The summed E-state index contributed by atoms with van der Waals surface area (Å²) < 4.78 is 10.7. The molecule has 124 valence electrons. The summed E-state index contributed by atoms with van der Waals surface area (Å²) in [7, 11) is 0. The summed E-state index contributed by atoms with van der Waals surface area (Å²) in [5.41, 5.74) is 2.28. The summed E-state index contributed by atoms with van der Waals surface area (Å²) in [6, 6.07) is 10.1. The molecule has 0 aliphatic carbocycles. The van der Waals surface area contributed by atoms with Crippen LogP contribution in [0.2, 0.25) is 0 Å². The zero-order valence-electron chi connectivity index (χ0n) is 13.5. The van der Waals surface area contributed by atoms with Gasteiger partial charge in [-0.3, -0.25) is 9.78 Å². The molecular formula is C19H20N2O3. The number of ether oxygens (including phenoxy) is 2. The molecule has 1 fully saturated rings. The number of carbonyl (C=O) groups excluding carboxylic acids is 1. The average Bonchev–Trinajstić information content (AvgIpc) is 3.29. The molecule has 4 rings (SSSR count). The molecule has 3 heterocycles. The topological polar surface area (TPSA) is 51.7 Å². The van der Waals surface area contributed by atoms with Crippen LogP contribution in [-0.4, -0.2) is 29.1 Å². The maximum Gasteiger partial charge on any atom is 0.231 e. The maximum absolute atomic E-state index is 12.7. The van der Waals surface area contributed by atoms with Gasteiger partial charge >= 0.3 is 0 Å². The highest BCUT2D eigenvalue weighted by Gasteiger charge is 2.29. The van der Waals surface area contributed by atoms with Crippen molar-refractivity contribution in [2.24, 2.45) is 0 Å². The number of nitrogens with zero attached hydrogens (tertiary/aromatic N) is 2. The van der Waals surface area contributed by atoms with E-state index in [-0.39, 0.29) is 18.7 Å². The lowest BCUT2D eigenvalue weighted by atomic mass is 10.0. The minimum absolute atomic E-state index is 0.192. The van der Waals surface area contributed by atoms with Crippen LogP contribution in [-0.2, 0) is 11.2 Å². The summed E-state index contributed by atoms with van der Waals surface area (Å²) >= 11 is 0. The largest absolute Gasteiger partial charge is 0.454 e. The predicted octanol–water partition coefficient (Wildman–Crippen LogP) is 3.11. The number of rotatable bonds is 4. The highest BCUT2D eigenvalue weighted by molar-refractivity contribution is 5.77. The lowest BCUT2D eigenvalue weighted by Crippen LogP contribution is -2.30. The molecule has 1 aromatic carbocycles. The standard InChI is InChI=1S/C19H20N2O3/c22-19(6-4-14-3-5-17-18(12-14)24-13-23-17)21-11-1-2-16(21)15-7-9-20-10-8-15/h3,5,7-10,12,16H,1-2,4,6,11,13H2. The normalized spacial score (nSPS) is 18.8. The third-order valence-electron chi connectivity index (χ3n) is 4.73. The van der Waals surface area contributed by atoms with Gasteiger partial charge in [0.05, 0.1) is 6.04 Å². The molecule has 5 heteroatoms. The zero-order valence-corrected chi connectivity index (χ0v) is 13.5. The molecule has 0 radical (unpaired) electrons. The number of amides is 1. The molecule has 2 aromatic rings. The van der Waals surface area contributed by atoms with Gasteiger partial charge in [-0.2, -0.15) is 0 Å². The van der Waals surface area contributed by atoms with E-state index in [1.807, 2.05) is 35.2 Å². The van der Waals surface area contributed by atoms with Gasteiger partial charge in [-0.1, -0.05) is 6.07 Å². The van der Waals surface area contributed by atoms with E-state index in [4.69, 9.17) is 9.47 Å². The maximum atomic E-state index is 12.7. The van der Waals surface area contributed by atoms with Crippen molar-refractivity contribution in [3.05, 3.63) is 53.9 Å². The van der Waals surface area contributed by atoms with Crippen LogP contribution in [0.25, 0.3) is 0 Å². The van der Waals surface area contributed by atoms with Gasteiger partial charge in [-0.25, -0.2) is 0 Å². The van der Waals surface area contributed by atoms with Crippen molar-refractivity contribution in [3.63, 3.8) is 0 Å². The fourth-order valence-corrected chi connectivity index (χ4v) is 3.49. The van der Waals surface area contributed by atoms with Crippen molar-refractivity contribution >= 4 is 5.91 Å². The number of likely N-dealkylation sites (tertiary alicyclic amines) is 1. The number of aromatic nitrogens is 1. The number of aryl methyl sites for hydroxylation is 1. The van der Waals surface area contributed by atoms with Crippen LogP contribution >= 0.6 is 0 Å². The second kappa shape index (κ2) is 6.51. The van der Waals surface area contributed by atoms with Gasteiger partial charge in [0.15, 0.2) is 11.5 Å². The van der Waals surface area contributed by atoms with Crippen molar-refractivity contribution in [3.8, 4) is 11.5 Å². The Morgan fingerprint density at radius 2 is 2.00 bits per heavy atom. The predicted molar refractivity (Wildman–Crippen MR) is 88.8 cm³/mol. The first kappa shape index (κ1) is 15.0. The number of pyridine rings is 1. The van der Waals surface area contributed by atoms with Crippen LogP contribution in [0.1, 0.15) is 36.4 Å². The first-order chi connectivity index (χ1) is 11.8. The minimum Gasteiger partial charge on any atom is -0.454 e. The second-order valence-corrected chi connectivity index (χ2v) is 6.21. The summed E-state index contributed by atoms with van der Waals surface area (Å²) in [5, 5.41) is 0. The quantitative estimate of drug-likeness (QED) is 0.867. The molecule has 24 heavy (non-hydrogen) atoms. The molecule has 2 aliphatic heterocycles. The smallest absolute Gasteiger partial charge is 0.231 e. The monoisotopic (exact) mass is 324 g/mol. The average molecular weight is 324 g/mol. The van der Waals surface area contributed by atoms with Gasteiger partial charge in [0.25, 0.3) is 0 Å². The SMILES string of the molecule is O=C(CCc1ccc2c(c1)OCO2)N1CCCC1c1ccncc1. The van der Waals surface area contributed by atoms with Crippen molar-refractivity contribution in [1.82, 2.24) is 9.88 Å². The molecular weight excluding hydrogens is 304 g/mol. The van der Waals surface area contributed by atoms with Gasteiger partial charge in [-0.05, 0) is 54.7 Å². The van der Waals surface area contributed by atoms with E-state index in [1.165, 1.54) is 5.56 Å². The third-order valence-corrected chi connectivity index (χ3v) is 4.73. The molecule has 0 N–H and O–H groups in total. The fourth-order valence-electron chi connectivity index (χ4n) is 3.49. The second-order valence-electron chi connectivity index (χ2n) is 6.21. The Labute approximate surface area is 141 Å². The molecule has 1 atom stereocenters. The lowest BCUT2D eigenvalue weighted by molar-refractivity contribution is -0.132. The molecule has 1 unspecified atom stereocenters. The number of hydrogen-bond acceptors (Lipinski definition) is 4. The minimum atomic E-state index is 0.192. The van der Waals surface area contributed by atoms with Crippen molar-refractivity contribution in [1.29, 1.82) is 0 Å². The van der Waals surface area contributed by atoms with Crippen molar-refractivity contribution in [2.75, 3.05) is 13.3 Å². The van der Waals surface area contributed by atoms with Gasteiger partial charge in [0.2, 0.25) is 12.7 Å². The molecule has 0 spiro atoms. The Morgan fingerprint density at radius 3 is 2.88 bits per heavy atom. The summed E-state index contributed by atoms with van der Waals surface area (Å²) in [6.07, 6.45) is 6.91. The van der Waals surface area contributed by atoms with Gasteiger partial charge in [0, 0.05) is 25.4 Å². The lowest BCUT2D eigenvalue weighted by Gasteiger charge is -2.25. The molecule has 1 saturated heterocycles. The van der Waals surface area contributed by atoms with E-state index in [1.54, 1.807) is 12.4 Å². The van der Waals surface area contributed by atoms with Crippen LogP contribution in [0.15, 0.2) is 42.7 Å². The molecule has 2 aliphatic rings. The summed E-state index contributed by atoms with van der Waals surface area (Å²) in [5.74, 6) is 1.77. The van der Waals surface area contributed by atoms with Crippen LogP contribution in [0.3, 0.4) is 0 Å². The van der Waals surface area contributed by atoms with Crippen molar-refractivity contribution in [2.45, 2.75) is 31.7 Å². The third kappa shape index (κ3) is 2.94. The summed E-state index contributed by atoms with van der Waals surface area (Å²) in [4.78, 5) is 18.8. The van der Waals surface area contributed by atoms with E-state index in [9.17, 15) is 4.79 Å². The Bertz CT molecular complexity index is 733. The van der Waals surface area contributed by atoms with E-state index < -0.39 is 0 Å². The Morgan fingerprint density at radius 1 is 1.17 bits per heavy atom. The number of carbonyl (C=O) groups is 1. The van der Waals surface area contributed by atoms with Crippen LogP contribution in [0.5, 0.6) is 11.5 Å². The number of benzene rings is 1. The molecule has 1 aromatic heterocycles. The van der Waals surface area contributed by atoms with E-state index in [2.05, 4.69) is 4.98 Å². The van der Waals surface area contributed by atoms with Crippen LogP contribution < -0.4 is 9.47 Å². The molecule has 1 amide bonds. The first-order valence-electron chi connectivity index (χ1n) is 8.39. The van der Waals surface area contributed by atoms with Gasteiger partial charge < -0.3 is 14.4 Å². The number of hydrogen-bond donors (Lipinski definition) is 0. The highest BCUT2D eigenvalue weighted by atomic mass is 16.7. The van der Waals surface area contributed by atoms with Crippen LogP contribution in [0, 0.1) is 0 Å². The zero-order chi connectivity index (χ0) is 16.4. The molecule has 0 saturated carbocycles. The Hall–Kier alpha value is -2.56. The molecule has 5 nitrogen and oxygen atoms in total. The number of fused-ring (bicyclic) bond motifs is 1. The van der Waals surface area contributed by atoms with Crippen molar-refractivity contribution < 1.29 is 14.3 Å². The van der Waals surface area contributed by atoms with E-state index in [0.29, 0.717) is 6.42 Å². The Balaban J connectivity index is 1.40. The summed E-state index contributed by atoms with van der Waals surface area (Å²) in [6.45, 7) is 1.12. The van der Waals surface area contributed by atoms with Gasteiger partial charge in [-0.15, -0.1) is 0 Å². The van der Waals surface area contributed by atoms with E-state index >= 15 is 0 Å². The molecule has 0 bridgehead atoms. The fraction of sp³-hybridized carbons (Fsp3) is 0.368. The Kier molecular flexibility index (Phi) is 4.07. The first-order valence-corrected chi connectivity index (χ1v) is 8.39. The van der Waals surface area contributed by atoms with Gasteiger partial charge in [0.1, 0.15) is 0 Å².